The molecule has 1 saturated heterocycles. The molecular formula is C34H63N4O8P. The van der Waals surface area contributed by atoms with Crippen molar-refractivity contribution < 1.29 is 33.5 Å². The van der Waals surface area contributed by atoms with E-state index in [9.17, 15) is 24.5 Å². The molecule has 0 bridgehead atoms. The minimum absolute atomic E-state index is 0.0769. The summed E-state index contributed by atoms with van der Waals surface area (Å²) >= 11 is 0. The summed E-state index contributed by atoms with van der Waals surface area (Å²) in [4.78, 5) is 33.1. The van der Waals surface area contributed by atoms with Crippen molar-refractivity contribution in [3.8, 4) is 0 Å². The van der Waals surface area contributed by atoms with E-state index < -0.39 is 44.7 Å². The van der Waals surface area contributed by atoms with Crippen LogP contribution in [0.25, 0.3) is 0 Å². The third-order valence-corrected chi connectivity index (χ3v) is 9.58. The van der Waals surface area contributed by atoms with Gasteiger partial charge in [-0.1, -0.05) is 103 Å². The Morgan fingerprint density at radius 2 is 1.40 bits per heavy atom. The lowest BCUT2D eigenvalue weighted by molar-refractivity contribution is -0.0551. The number of aliphatic hydroxyl groups is 2. The second-order valence-corrected chi connectivity index (χ2v) is 14.8. The summed E-state index contributed by atoms with van der Waals surface area (Å²) in [5.74, 6) is 0.188. The van der Waals surface area contributed by atoms with Crippen LogP contribution in [-0.4, -0.2) is 79.5 Å². The van der Waals surface area contributed by atoms with Gasteiger partial charge in [-0.3, -0.25) is 13.6 Å². The Balaban J connectivity index is 1.62. The highest BCUT2D eigenvalue weighted by molar-refractivity contribution is 7.47. The predicted octanol–water partition coefficient (Wildman–Crippen LogP) is 7.04. The minimum atomic E-state index is -4.39. The van der Waals surface area contributed by atoms with Gasteiger partial charge < -0.3 is 24.7 Å². The van der Waals surface area contributed by atoms with Gasteiger partial charge in [0.1, 0.15) is 18.3 Å². The standard InChI is InChI=1S/C34H63N4O8P/c1-6-7-8-9-10-11-12-13-14-15-16-17-18-19-20-21-24-44-47(42,43)45-25-29-31(39)32(40)33(46-29)37-23-22-30(36-34(37)41)35-26-38(27(2)3)28(4)5/h22-23,26-29,31-33,39-40H,6-21,24-25H2,1-5H3,(H,42,43)/b35-26+/t29-,31+,32?,33-/m1/s1. The number of nitrogens with zero attached hydrogens (tertiary/aromatic N) is 4. The van der Waals surface area contributed by atoms with Crippen LogP contribution in [0.5, 0.6) is 0 Å². The molecule has 5 atom stereocenters. The Kier molecular flexibility index (Phi) is 20.2. The average Bonchev–Trinajstić information content (AvgIpc) is 3.30. The van der Waals surface area contributed by atoms with Crippen LogP contribution >= 0.6 is 7.82 Å². The number of hydrogen-bond donors (Lipinski definition) is 3. The van der Waals surface area contributed by atoms with Gasteiger partial charge in [-0.15, -0.1) is 0 Å². The number of phosphoric acid groups is 1. The Morgan fingerprint density at radius 1 is 0.894 bits per heavy atom. The summed E-state index contributed by atoms with van der Waals surface area (Å²) < 4.78 is 29.2. The molecule has 13 heteroatoms. The second-order valence-electron chi connectivity index (χ2n) is 13.3. The normalized spacial score (nSPS) is 21.3. The summed E-state index contributed by atoms with van der Waals surface area (Å²) in [5, 5.41) is 21.0. The maximum atomic E-state index is 12.7. The summed E-state index contributed by atoms with van der Waals surface area (Å²) in [7, 11) is -4.39. The van der Waals surface area contributed by atoms with E-state index in [-0.39, 0.29) is 24.5 Å². The molecule has 12 nitrogen and oxygen atoms in total. The van der Waals surface area contributed by atoms with Crippen LogP contribution in [-0.2, 0) is 18.3 Å². The highest BCUT2D eigenvalue weighted by Crippen LogP contribution is 2.44. The molecular weight excluding hydrogens is 623 g/mol. The van der Waals surface area contributed by atoms with E-state index in [1.54, 1.807) is 6.34 Å². The van der Waals surface area contributed by atoms with Crippen LogP contribution < -0.4 is 5.69 Å². The number of hydrogen-bond acceptors (Lipinski definition) is 9. The third-order valence-electron chi connectivity index (χ3n) is 8.60. The molecule has 1 aromatic heterocycles. The lowest BCUT2D eigenvalue weighted by atomic mass is 10.0. The molecule has 0 amide bonds. The number of rotatable bonds is 26. The topological polar surface area (TPSA) is 156 Å². The lowest BCUT2D eigenvalue weighted by Crippen LogP contribution is -2.36. The Labute approximate surface area is 282 Å². The molecule has 2 heterocycles. The van der Waals surface area contributed by atoms with Gasteiger partial charge in [0.15, 0.2) is 12.0 Å². The van der Waals surface area contributed by atoms with Crippen LogP contribution in [0.15, 0.2) is 22.1 Å². The first kappa shape index (κ1) is 41.5. The van der Waals surface area contributed by atoms with Crippen molar-refractivity contribution in [2.45, 2.75) is 174 Å². The fourth-order valence-electron chi connectivity index (χ4n) is 5.79. The summed E-state index contributed by atoms with van der Waals surface area (Å²) in [6.45, 7) is 9.96. The SMILES string of the molecule is CCCCCCCCCCCCCCCCCCOP(=O)(O)OC[C@H]1O[C@@H](n2ccc(/N=C/N(C(C)C)C(C)C)nc2=O)C(O)[C@H]1O. The molecule has 0 aromatic carbocycles. The van der Waals surface area contributed by atoms with E-state index in [4.69, 9.17) is 13.8 Å². The summed E-state index contributed by atoms with van der Waals surface area (Å²) in [6.07, 6.45) is 17.4. The number of ether oxygens (including phenoxy) is 1. The lowest BCUT2D eigenvalue weighted by Gasteiger charge is -2.28. The van der Waals surface area contributed by atoms with Crippen LogP contribution in [0.3, 0.4) is 0 Å². The van der Waals surface area contributed by atoms with Crippen molar-refractivity contribution in [3.63, 3.8) is 0 Å². The van der Waals surface area contributed by atoms with E-state index in [1.165, 1.54) is 89.3 Å². The van der Waals surface area contributed by atoms with E-state index in [2.05, 4.69) is 16.9 Å². The molecule has 0 saturated carbocycles. The first-order valence-corrected chi connectivity index (χ1v) is 19.5. The van der Waals surface area contributed by atoms with Gasteiger partial charge in [-0.05, 0) is 40.2 Å². The quantitative estimate of drug-likeness (QED) is 0.0400. The predicted molar refractivity (Wildman–Crippen MR) is 186 cm³/mol. The van der Waals surface area contributed by atoms with Crippen molar-refractivity contribution in [1.29, 1.82) is 0 Å². The van der Waals surface area contributed by atoms with Crippen molar-refractivity contribution in [3.05, 3.63) is 22.7 Å². The van der Waals surface area contributed by atoms with E-state index in [0.717, 1.165) is 23.8 Å². The molecule has 2 unspecified atom stereocenters. The van der Waals surface area contributed by atoms with Gasteiger partial charge in [0.2, 0.25) is 0 Å². The van der Waals surface area contributed by atoms with Crippen molar-refractivity contribution in [1.82, 2.24) is 14.5 Å². The van der Waals surface area contributed by atoms with Crippen molar-refractivity contribution in [2.75, 3.05) is 13.2 Å². The average molecular weight is 687 g/mol. The third kappa shape index (κ3) is 16.1. The number of phosphoric ester groups is 1. The van der Waals surface area contributed by atoms with Crippen LogP contribution in [0, 0.1) is 0 Å². The van der Waals surface area contributed by atoms with Gasteiger partial charge in [-0.2, -0.15) is 4.98 Å². The van der Waals surface area contributed by atoms with Crippen LogP contribution in [0.2, 0.25) is 0 Å². The molecule has 1 fully saturated rings. The largest absolute Gasteiger partial charge is 0.472 e. The fourth-order valence-corrected chi connectivity index (χ4v) is 6.56. The first-order valence-electron chi connectivity index (χ1n) is 18.0. The van der Waals surface area contributed by atoms with Crippen molar-refractivity contribution in [2.24, 2.45) is 4.99 Å². The van der Waals surface area contributed by atoms with Gasteiger partial charge in [0, 0.05) is 18.3 Å². The zero-order valence-electron chi connectivity index (χ0n) is 29.5. The van der Waals surface area contributed by atoms with Gasteiger partial charge in [0.25, 0.3) is 0 Å². The molecule has 0 radical (unpaired) electrons. The van der Waals surface area contributed by atoms with Gasteiger partial charge >= 0.3 is 13.5 Å². The first-order chi connectivity index (χ1) is 22.5. The highest BCUT2D eigenvalue weighted by atomic mass is 31.2. The van der Waals surface area contributed by atoms with Gasteiger partial charge in [-0.25, -0.2) is 14.4 Å². The Bertz CT molecular complexity index is 1110. The van der Waals surface area contributed by atoms with Crippen LogP contribution in [0.4, 0.5) is 5.82 Å². The van der Waals surface area contributed by atoms with E-state index in [0.29, 0.717) is 6.42 Å². The van der Waals surface area contributed by atoms with E-state index >= 15 is 0 Å². The zero-order chi connectivity index (χ0) is 34.7. The number of aromatic nitrogens is 2. The molecule has 3 N–H and O–H groups in total. The molecule has 0 aliphatic carbocycles. The molecule has 1 aliphatic rings. The summed E-state index contributed by atoms with van der Waals surface area (Å²) in [6, 6.07) is 1.91. The Hall–Kier alpha value is -1.66. The van der Waals surface area contributed by atoms with Gasteiger partial charge in [0.05, 0.1) is 19.6 Å². The molecule has 1 aliphatic heterocycles. The molecule has 0 spiro atoms. The molecule has 2 rings (SSSR count). The Morgan fingerprint density at radius 3 is 1.89 bits per heavy atom. The molecule has 1 aromatic rings. The molecule has 272 valence electrons. The monoisotopic (exact) mass is 686 g/mol. The number of unbranched alkanes of at least 4 members (excludes halogenated alkanes) is 15. The van der Waals surface area contributed by atoms with Crippen LogP contribution in [0.1, 0.15) is 144 Å². The highest BCUT2D eigenvalue weighted by Gasteiger charge is 2.45. The zero-order valence-corrected chi connectivity index (χ0v) is 30.4. The number of aliphatic hydroxyl groups excluding tert-OH is 2. The maximum Gasteiger partial charge on any atom is 0.472 e. The maximum absolute atomic E-state index is 12.7. The smallest absolute Gasteiger partial charge is 0.387 e. The summed E-state index contributed by atoms with van der Waals surface area (Å²) in [5.41, 5.74) is -0.729. The minimum Gasteiger partial charge on any atom is -0.387 e. The fraction of sp³-hybridized carbons (Fsp3) is 0.853. The number of aliphatic imine (C=N–C) groups is 1. The van der Waals surface area contributed by atoms with Crippen molar-refractivity contribution >= 4 is 20.0 Å². The van der Waals surface area contributed by atoms with E-state index in [1.807, 2.05) is 32.6 Å². The second kappa shape index (κ2) is 22.9. The molecule has 47 heavy (non-hydrogen) atoms.